The second-order valence-corrected chi connectivity index (χ2v) is 7.43. The SMILES string of the molecule is O=C(NC1CCCC[C@H]1CN1CCCCC1)c1cnn2cccnc12. The molecule has 3 heterocycles. The van der Waals surface area contributed by atoms with E-state index in [1.165, 1.54) is 51.6 Å². The van der Waals surface area contributed by atoms with Crippen LogP contribution >= 0.6 is 0 Å². The molecule has 25 heavy (non-hydrogen) atoms. The Morgan fingerprint density at radius 3 is 2.88 bits per heavy atom. The first-order chi connectivity index (χ1) is 12.3. The van der Waals surface area contributed by atoms with E-state index >= 15 is 0 Å². The topological polar surface area (TPSA) is 62.5 Å². The van der Waals surface area contributed by atoms with E-state index in [0.29, 0.717) is 17.1 Å². The molecule has 1 saturated heterocycles. The van der Waals surface area contributed by atoms with Crippen LogP contribution in [0.1, 0.15) is 55.3 Å². The van der Waals surface area contributed by atoms with E-state index in [2.05, 4.69) is 20.3 Å². The van der Waals surface area contributed by atoms with Crippen molar-refractivity contribution in [2.24, 2.45) is 5.92 Å². The lowest BCUT2D eigenvalue weighted by molar-refractivity contribution is 0.0879. The van der Waals surface area contributed by atoms with Crippen LogP contribution in [0.25, 0.3) is 5.65 Å². The molecule has 6 heteroatoms. The van der Waals surface area contributed by atoms with Gasteiger partial charge in [-0.1, -0.05) is 19.3 Å². The Morgan fingerprint density at radius 1 is 1.16 bits per heavy atom. The first-order valence-corrected chi connectivity index (χ1v) is 9.63. The van der Waals surface area contributed by atoms with Crippen molar-refractivity contribution in [1.29, 1.82) is 0 Å². The maximum atomic E-state index is 12.8. The van der Waals surface area contributed by atoms with Crippen LogP contribution < -0.4 is 5.32 Å². The summed E-state index contributed by atoms with van der Waals surface area (Å²) in [5.41, 5.74) is 1.20. The van der Waals surface area contributed by atoms with Crippen molar-refractivity contribution in [1.82, 2.24) is 24.8 Å². The van der Waals surface area contributed by atoms with Crippen LogP contribution in [-0.4, -0.2) is 51.1 Å². The van der Waals surface area contributed by atoms with Gasteiger partial charge in [0.15, 0.2) is 5.65 Å². The summed E-state index contributed by atoms with van der Waals surface area (Å²) < 4.78 is 1.65. The summed E-state index contributed by atoms with van der Waals surface area (Å²) >= 11 is 0. The van der Waals surface area contributed by atoms with Gasteiger partial charge in [0.2, 0.25) is 0 Å². The molecule has 0 aromatic carbocycles. The van der Waals surface area contributed by atoms with Crippen LogP contribution in [0.15, 0.2) is 24.7 Å². The van der Waals surface area contributed by atoms with Gasteiger partial charge in [-0.3, -0.25) is 4.79 Å². The summed E-state index contributed by atoms with van der Waals surface area (Å²) in [6.07, 6.45) is 13.9. The highest BCUT2D eigenvalue weighted by Gasteiger charge is 2.29. The molecule has 2 atom stereocenters. The number of hydrogen-bond donors (Lipinski definition) is 1. The van der Waals surface area contributed by atoms with Crippen LogP contribution in [0.3, 0.4) is 0 Å². The van der Waals surface area contributed by atoms with Crippen LogP contribution in [0, 0.1) is 5.92 Å². The number of carbonyl (C=O) groups is 1. The Balaban J connectivity index is 1.44. The molecule has 2 aromatic heterocycles. The zero-order chi connectivity index (χ0) is 17.1. The van der Waals surface area contributed by atoms with Gasteiger partial charge < -0.3 is 10.2 Å². The first kappa shape index (κ1) is 16.5. The van der Waals surface area contributed by atoms with E-state index in [0.717, 1.165) is 13.0 Å². The van der Waals surface area contributed by atoms with Crippen molar-refractivity contribution in [3.05, 3.63) is 30.2 Å². The van der Waals surface area contributed by atoms with E-state index in [-0.39, 0.29) is 11.9 Å². The highest BCUT2D eigenvalue weighted by atomic mass is 16.1. The van der Waals surface area contributed by atoms with Crippen molar-refractivity contribution in [3.8, 4) is 0 Å². The second-order valence-electron chi connectivity index (χ2n) is 7.43. The zero-order valence-electron chi connectivity index (χ0n) is 14.7. The predicted octanol–water partition coefficient (Wildman–Crippen LogP) is 2.50. The van der Waals surface area contributed by atoms with E-state index in [4.69, 9.17) is 0 Å². The van der Waals surface area contributed by atoms with E-state index in [9.17, 15) is 4.79 Å². The summed E-state index contributed by atoms with van der Waals surface area (Å²) in [5, 5.41) is 7.52. The largest absolute Gasteiger partial charge is 0.349 e. The highest BCUT2D eigenvalue weighted by molar-refractivity contribution is 5.99. The molecule has 134 valence electrons. The first-order valence-electron chi connectivity index (χ1n) is 9.63. The standard InChI is InChI=1S/C19H27N5O/c25-19(16-13-21-24-12-6-9-20-18(16)24)22-17-8-3-2-7-15(17)14-23-10-4-1-5-11-23/h6,9,12-13,15,17H,1-5,7-8,10-11,14H2,(H,22,25)/t15-,17?/m0/s1. The fourth-order valence-electron chi connectivity index (χ4n) is 4.32. The van der Waals surface area contributed by atoms with E-state index < -0.39 is 0 Å². The van der Waals surface area contributed by atoms with Gasteiger partial charge in [-0.15, -0.1) is 0 Å². The van der Waals surface area contributed by atoms with Crippen LogP contribution in [0.2, 0.25) is 0 Å². The fourth-order valence-corrected chi connectivity index (χ4v) is 4.32. The number of nitrogens with zero attached hydrogens (tertiary/aromatic N) is 4. The van der Waals surface area contributed by atoms with Gasteiger partial charge >= 0.3 is 0 Å². The molecule has 0 bridgehead atoms. The summed E-state index contributed by atoms with van der Waals surface area (Å²) in [4.78, 5) is 19.7. The van der Waals surface area contributed by atoms with Crippen LogP contribution in [-0.2, 0) is 0 Å². The number of carbonyl (C=O) groups excluding carboxylic acids is 1. The Kier molecular flexibility index (Phi) is 4.97. The highest BCUT2D eigenvalue weighted by Crippen LogP contribution is 2.27. The zero-order valence-corrected chi connectivity index (χ0v) is 14.7. The van der Waals surface area contributed by atoms with Gasteiger partial charge in [0.25, 0.3) is 5.91 Å². The maximum Gasteiger partial charge on any atom is 0.256 e. The van der Waals surface area contributed by atoms with Gasteiger partial charge in [0.05, 0.1) is 6.20 Å². The third kappa shape index (κ3) is 3.68. The number of nitrogens with one attached hydrogen (secondary N) is 1. The maximum absolute atomic E-state index is 12.8. The van der Waals surface area contributed by atoms with Crippen molar-refractivity contribution < 1.29 is 4.79 Å². The van der Waals surface area contributed by atoms with Gasteiger partial charge in [-0.25, -0.2) is 9.50 Å². The van der Waals surface area contributed by atoms with Crippen LogP contribution in [0.4, 0.5) is 0 Å². The molecular weight excluding hydrogens is 314 g/mol. The number of hydrogen-bond acceptors (Lipinski definition) is 4. The van der Waals surface area contributed by atoms with Gasteiger partial charge in [-0.2, -0.15) is 5.10 Å². The molecule has 1 aliphatic heterocycles. The molecular formula is C19H27N5O. The Morgan fingerprint density at radius 2 is 2.00 bits per heavy atom. The number of amides is 1. The fraction of sp³-hybridized carbons (Fsp3) is 0.632. The lowest BCUT2D eigenvalue weighted by atomic mass is 9.83. The Hall–Kier alpha value is -1.95. The van der Waals surface area contributed by atoms with Crippen molar-refractivity contribution >= 4 is 11.6 Å². The average molecular weight is 341 g/mol. The van der Waals surface area contributed by atoms with Crippen LogP contribution in [0.5, 0.6) is 0 Å². The minimum atomic E-state index is -0.0377. The molecule has 2 fully saturated rings. The normalized spacial score (nSPS) is 25.1. The third-order valence-electron chi connectivity index (χ3n) is 5.69. The van der Waals surface area contributed by atoms with Gasteiger partial charge in [0.1, 0.15) is 5.56 Å². The number of piperidine rings is 1. The molecule has 6 nitrogen and oxygen atoms in total. The number of fused-ring (bicyclic) bond motifs is 1. The number of likely N-dealkylation sites (tertiary alicyclic amines) is 1. The lowest BCUT2D eigenvalue weighted by Gasteiger charge is -2.37. The van der Waals surface area contributed by atoms with Gasteiger partial charge in [0, 0.05) is 25.0 Å². The van der Waals surface area contributed by atoms with E-state index in [1.54, 1.807) is 16.9 Å². The summed E-state index contributed by atoms with van der Waals surface area (Å²) in [6.45, 7) is 3.56. The monoisotopic (exact) mass is 341 g/mol. The molecule has 1 N–H and O–H groups in total. The minimum absolute atomic E-state index is 0.0377. The van der Waals surface area contributed by atoms with Crippen molar-refractivity contribution in [2.75, 3.05) is 19.6 Å². The smallest absolute Gasteiger partial charge is 0.256 e. The second kappa shape index (κ2) is 7.52. The number of rotatable bonds is 4. The molecule has 1 aliphatic carbocycles. The number of aromatic nitrogens is 3. The molecule has 0 spiro atoms. The Labute approximate surface area is 148 Å². The summed E-state index contributed by atoms with van der Waals surface area (Å²) in [5.74, 6) is 0.523. The van der Waals surface area contributed by atoms with Crippen molar-refractivity contribution in [2.45, 2.75) is 51.0 Å². The predicted molar refractivity (Wildman–Crippen MR) is 96.5 cm³/mol. The molecule has 1 saturated carbocycles. The third-order valence-corrected chi connectivity index (χ3v) is 5.69. The lowest BCUT2D eigenvalue weighted by Crippen LogP contribution is -2.47. The molecule has 4 rings (SSSR count). The summed E-state index contributed by atoms with van der Waals surface area (Å²) in [7, 11) is 0. The molecule has 0 radical (unpaired) electrons. The summed E-state index contributed by atoms with van der Waals surface area (Å²) in [6, 6.07) is 2.08. The molecule has 2 aliphatic rings. The Bertz CT molecular complexity index is 721. The molecule has 2 aromatic rings. The van der Waals surface area contributed by atoms with Gasteiger partial charge in [-0.05, 0) is 50.8 Å². The van der Waals surface area contributed by atoms with Crippen molar-refractivity contribution in [3.63, 3.8) is 0 Å². The minimum Gasteiger partial charge on any atom is -0.349 e. The molecule has 1 amide bonds. The molecule has 1 unspecified atom stereocenters. The average Bonchev–Trinajstić information content (AvgIpc) is 3.08. The van der Waals surface area contributed by atoms with E-state index in [1.807, 2.05) is 12.3 Å². The quantitative estimate of drug-likeness (QED) is 0.928.